The zero-order chi connectivity index (χ0) is 17.1. The van der Waals surface area contributed by atoms with Gasteiger partial charge in [-0.25, -0.2) is 14.7 Å². The van der Waals surface area contributed by atoms with Crippen LogP contribution in [0, 0.1) is 0 Å². The highest BCUT2D eigenvalue weighted by Gasteiger charge is 2.65. The summed E-state index contributed by atoms with van der Waals surface area (Å²) in [5.41, 5.74) is 6.36. The van der Waals surface area contributed by atoms with Crippen molar-refractivity contribution >= 4 is 18.0 Å². The van der Waals surface area contributed by atoms with Gasteiger partial charge in [0.05, 0.1) is 30.4 Å². The molecule has 2 fully saturated rings. The van der Waals surface area contributed by atoms with Crippen molar-refractivity contribution in [3.05, 3.63) is 23.3 Å². The fraction of sp³-hybridized carbons (Fsp3) is 0.429. The summed E-state index contributed by atoms with van der Waals surface area (Å²) in [5.74, 6) is -2.64. The fourth-order valence-corrected chi connectivity index (χ4v) is 3.54. The van der Waals surface area contributed by atoms with Crippen LogP contribution in [0.3, 0.4) is 0 Å². The molecule has 128 valence electrons. The summed E-state index contributed by atoms with van der Waals surface area (Å²) < 4.78 is 4.87. The molecule has 1 amide bonds. The van der Waals surface area contributed by atoms with Crippen molar-refractivity contribution in [3.8, 4) is 5.75 Å². The van der Waals surface area contributed by atoms with Gasteiger partial charge in [0.2, 0.25) is 5.79 Å². The number of amides is 1. The average molecular weight is 336 g/mol. The first-order chi connectivity index (χ1) is 11.4. The number of ether oxygens (including phenoxy) is 1. The van der Waals surface area contributed by atoms with E-state index in [1.807, 2.05) is 0 Å². The number of carbonyl (C=O) groups excluding carboxylic acids is 1. The van der Waals surface area contributed by atoms with E-state index in [1.54, 1.807) is 6.07 Å². The molecule has 0 aliphatic carbocycles. The molecule has 0 radical (unpaired) electrons. The number of nitrogens with two attached hydrogens (primary N) is 1. The Labute approximate surface area is 136 Å². The average Bonchev–Trinajstić information content (AvgIpc) is 3.28. The molecule has 1 aromatic rings. The number of phenols is 1. The standard InChI is InChI=1S/C14H16N4O6/c15-13(20)23-5-7-11-9(1-6(3-16-22)2-10(11)19)18-4-8-12(17-8)14(7,21)24-18/h1-3,7-8,12,17,19,21-22H,4-5H2,(H2,15,20). The summed E-state index contributed by atoms with van der Waals surface area (Å²) in [7, 11) is 0. The molecule has 4 atom stereocenters. The number of aliphatic hydroxyl groups is 1. The molecule has 10 heteroatoms. The number of aromatic hydroxyl groups is 1. The zero-order valence-corrected chi connectivity index (χ0v) is 12.4. The van der Waals surface area contributed by atoms with Crippen LogP contribution < -0.4 is 16.1 Å². The van der Waals surface area contributed by atoms with Crippen molar-refractivity contribution in [3.63, 3.8) is 0 Å². The molecule has 3 aliphatic heterocycles. The number of nitrogens with one attached hydrogen (secondary N) is 1. The summed E-state index contributed by atoms with van der Waals surface area (Å²) in [6.07, 6.45) is 0.180. The van der Waals surface area contributed by atoms with E-state index in [4.69, 9.17) is 20.5 Å². The van der Waals surface area contributed by atoms with Crippen LogP contribution in [0.15, 0.2) is 17.3 Å². The van der Waals surface area contributed by atoms with Gasteiger partial charge in [0.15, 0.2) is 0 Å². The van der Waals surface area contributed by atoms with Crippen molar-refractivity contribution in [2.75, 3.05) is 18.2 Å². The first-order valence-electron chi connectivity index (χ1n) is 7.35. The Balaban J connectivity index is 1.83. The van der Waals surface area contributed by atoms with Gasteiger partial charge < -0.3 is 31.2 Å². The molecule has 3 heterocycles. The highest BCUT2D eigenvalue weighted by molar-refractivity contribution is 5.83. The van der Waals surface area contributed by atoms with Crippen LogP contribution in [0.2, 0.25) is 0 Å². The van der Waals surface area contributed by atoms with Gasteiger partial charge in [0, 0.05) is 17.2 Å². The smallest absolute Gasteiger partial charge is 0.404 e. The summed E-state index contributed by atoms with van der Waals surface area (Å²) in [4.78, 5) is 16.7. The molecule has 2 saturated heterocycles. The van der Waals surface area contributed by atoms with E-state index < -0.39 is 17.8 Å². The number of anilines is 1. The highest BCUT2D eigenvalue weighted by atomic mass is 16.8. The molecule has 10 nitrogen and oxygen atoms in total. The number of nitrogens with zero attached hydrogens (tertiary/aromatic N) is 2. The SMILES string of the molecule is NC(=O)OCC1c2c(O)cc(C=NO)cc2N2CC3NC3C1(O)O2. The van der Waals surface area contributed by atoms with Gasteiger partial charge in [-0.3, -0.25) is 0 Å². The van der Waals surface area contributed by atoms with Crippen molar-refractivity contribution in [1.82, 2.24) is 5.32 Å². The van der Waals surface area contributed by atoms with Crippen LogP contribution in [0.5, 0.6) is 5.75 Å². The number of rotatable bonds is 3. The highest BCUT2D eigenvalue weighted by Crippen LogP contribution is 2.53. The third-order valence-electron chi connectivity index (χ3n) is 4.63. The zero-order valence-electron chi connectivity index (χ0n) is 12.4. The van der Waals surface area contributed by atoms with Crippen LogP contribution in [-0.2, 0) is 9.57 Å². The molecule has 2 bridgehead atoms. The number of fused-ring (bicyclic) bond motifs is 6. The minimum Gasteiger partial charge on any atom is -0.508 e. The van der Waals surface area contributed by atoms with Crippen LogP contribution in [0.25, 0.3) is 0 Å². The maximum Gasteiger partial charge on any atom is 0.404 e. The van der Waals surface area contributed by atoms with Crippen molar-refractivity contribution in [2.45, 2.75) is 23.8 Å². The second-order valence-corrected chi connectivity index (χ2v) is 6.06. The molecular formula is C14H16N4O6. The maximum absolute atomic E-state index is 11.0. The second-order valence-electron chi connectivity index (χ2n) is 6.06. The molecule has 1 aromatic carbocycles. The maximum atomic E-state index is 11.0. The van der Waals surface area contributed by atoms with Gasteiger partial charge in [-0.1, -0.05) is 5.16 Å². The molecule has 24 heavy (non-hydrogen) atoms. The summed E-state index contributed by atoms with van der Waals surface area (Å²) in [6, 6.07) is 2.72. The molecule has 4 unspecified atom stereocenters. The number of oxime groups is 1. The van der Waals surface area contributed by atoms with Crippen molar-refractivity contribution in [1.29, 1.82) is 0 Å². The second kappa shape index (κ2) is 4.97. The van der Waals surface area contributed by atoms with Gasteiger partial charge in [0.1, 0.15) is 12.4 Å². The Morgan fingerprint density at radius 2 is 2.42 bits per heavy atom. The number of hydroxylamine groups is 1. The lowest BCUT2D eigenvalue weighted by Crippen LogP contribution is -2.59. The van der Waals surface area contributed by atoms with Gasteiger partial charge in [-0.15, -0.1) is 0 Å². The number of hydrogen-bond donors (Lipinski definition) is 5. The number of benzene rings is 1. The summed E-state index contributed by atoms with van der Waals surface area (Å²) in [6.45, 7) is 0.223. The fourth-order valence-electron chi connectivity index (χ4n) is 3.54. The number of hydrogen-bond acceptors (Lipinski definition) is 9. The Morgan fingerprint density at radius 1 is 1.62 bits per heavy atom. The van der Waals surface area contributed by atoms with Gasteiger partial charge in [-0.05, 0) is 12.1 Å². The largest absolute Gasteiger partial charge is 0.508 e. The molecular weight excluding hydrogens is 320 g/mol. The number of carbonyl (C=O) groups is 1. The number of phenolic OH excluding ortho intramolecular Hbond substituents is 1. The summed E-state index contributed by atoms with van der Waals surface area (Å²) >= 11 is 0. The van der Waals surface area contributed by atoms with Gasteiger partial charge in [0.25, 0.3) is 0 Å². The van der Waals surface area contributed by atoms with Crippen LogP contribution >= 0.6 is 0 Å². The lowest BCUT2D eigenvalue weighted by molar-refractivity contribution is -0.247. The van der Waals surface area contributed by atoms with Crippen LogP contribution in [0.1, 0.15) is 17.0 Å². The number of primary amides is 1. The van der Waals surface area contributed by atoms with E-state index in [9.17, 15) is 15.0 Å². The molecule has 6 N–H and O–H groups in total. The topological polar surface area (TPSA) is 160 Å². The lowest BCUT2D eigenvalue weighted by atomic mass is 9.82. The van der Waals surface area contributed by atoms with E-state index in [1.165, 1.54) is 11.1 Å². The van der Waals surface area contributed by atoms with E-state index >= 15 is 0 Å². The monoisotopic (exact) mass is 336 g/mol. The Bertz CT molecular complexity index is 740. The first-order valence-corrected chi connectivity index (χ1v) is 7.35. The van der Waals surface area contributed by atoms with E-state index in [-0.39, 0.29) is 24.4 Å². The third-order valence-corrected chi connectivity index (χ3v) is 4.63. The molecule has 3 aliphatic rings. The quantitative estimate of drug-likeness (QED) is 0.207. The minimum atomic E-state index is -1.67. The Kier molecular flexibility index (Phi) is 3.10. The van der Waals surface area contributed by atoms with Crippen LogP contribution in [-0.4, -0.2) is 58.8 Å². The van der Waals surface area contributed by atoms with E-state index in [2.05, 4.69) is 10.5 Å². The van der Waals surface area contributed by atoms with Gasteiger partial charge >= 0.3 is 6.09 Å². The predicted octanol–water partition coefficient (Wildman–Crippen LogP) is -0.827. The van der Waals surface area contributed by atoms with E-state index in [0.29, 0.717) is 23.4 Å². The first kappa shape index (κ1) is 15.0. The Hall–Kier alpha value is -2.56. The minimum absolute atomic E-state index is 0.0188. The van der Waals surface area contributed by atoms with Crippen molar-refractivity contribution < 1.29 is 29.8 Å². The van der Waals surface area contributed by atoms with Crippen molar-refractivity contribution in [2.24, 2.45) is 10.9 Å². The molecule has 0 saturated carbocycles. The summed E-state index contributed by atoms with van der Waals surface area (Å²) in [5, 5.41) is 37.7. The van der Waals surface area contributed by atoms with Crippen LogP contribution in [0.4, 0.5) is 10.5 Å². The van der Waals surface area contributed by atoms with E-state index in [0.717, 1.165) is 6.21 Å². The predicted molar refractivity (Wildman–Crippen MR) is 79.9 cm³/mol. The molecule has 4 rings (SSSR count). The normalized spacial score (nSPS) is 33.0. The molecule has 0 spiro atoms. The third kappa shape index (κ3) is 2.08. The lowest BCUT2D eigenvalue weighted by Gasteiger charge is -2.47. The molecule has 0 aromatic heterocycles. The van der Waals surface area contributed by atoms with Gasteiger partial charge in [-0.2, -0.15) is 0 Å². The Morgan fingerprint density at radius 3 is 3.12 bits per heavy atom.